The number of piperidine rings is 1. The van der Waals surface area contributed by atoms with E-state index in [4.69, 9.17) is 14.0 Å². The molecule has 0 spiro atoms. The third-order valence-corrected chi connectivity index (χ3v) is 6.20. The molecule has 2 fully saturated rings. The summed E-state index contributed by atoms with van der Waals surface area (Å²) in [6.45, 7) is 2.81. The average Bonchev–Trinajstić information content (AvgIpc) is 3.40. The molecule has 29 heavy (non-hydrogen) atoms. The summed E-state index contributed by atoms with van der Waals surface area (Å²) in [6.07, 6.45) is 3.76. The quantitative estimate of drug-likeness (QED) is 0.790. The highest BCUT2D eigenvalue weighted by atomic mass is 16.7. The molecular weight excluding hydrogens is 374 g/mol. The Balaban J connectivity index is 1.25. The minimum atomic E-state index is -0.117. The van der Waals surface area contributed by atoms with Gasteiger partial charge in [0.25, 0.3) is 5.91 Å². The molecule has 8 heteroatoms. The van der Waals surface area contributed by atoms with E-state index in [1.165, 1.54) is 6.20 Å². The van der Waals surface area contributed by atoms with Crippen LogP contribution >= 0.6 is 0 Å². The van der Waals surface area contributed by atoms with E-state index in [1.807, 2.05) is 28.0 Å². The van der Waals surface area contributed by atoms with Gasteiger partial charge in [-0.25, -0.2) is 0 Å². The van der Waals surface area contributed by atoms with Crippen LogP contribution in [0.15, 0.2) is 35.0 Å². The fraction of sp³-hybridized carbons (Fsp3) is 0.476. The number of rotatable bonds is 3. The maximum atomic E-state index is 12.9. The Hall–Kier alpha value is -3.03. The van der Waals surface area contributed by atoms with Crippen LogP contribution in [0.5, 0.6) is 11.5 Å². The zero-order valence-electron chi connectivity index (χ0n) is 16.1. The molecule has 1 aromatic carbocycles. The van der Waals surface area contributed by atoms with Crippen molar-refractivity contribution in [2.24, 2.45) is 11.8 Å². The molecule has 2 unspecified atom stereocenters. The Morgan fingerprint density at radius 1 is 1.10 bits per heavy atom. The van der Waals surface area contributed by atoms with Crippen LogP contribution in [0.2, 0.25) is 0 Å². The zero-order chi connectivity index (χ0) is 19.8. The smallest absolute Gasteiger partial charge is 0.292 e. The summed E-state index contributed by atoms with van der Waals surface area (Å²) >= 11 is 0. The second-order valence-corrected chi connectivity index (χ2v) is 7.93. The fourth-order valence-electron chi connectivity index (χ4n) is 4.57. The van der Waals surface area contributed by atoms with Crippen molar-refractivity contribution < 1.29 is 23.6 Å². The molecule has 152 valence electrons. The molecule has 5 rings (SSSR count). The molecule has 2 amide bonds. The van der Waals surface area contributed by atoms with Crippen LogP contribution in [-0.4, -0.2) is 53.2 Å². The summed E-state index contributed by atoms with van der Waals surface area (Å²) in [4.78, 5) is 29.2. The SMILES string of the molecule is O=C1CC2CCN(C(=O)c3ccno3)CC2CCN1Cc1ccc2c(c1)OCO2. The van der Waals surface area contributed by atoms with Gasteiger partial charge in [0.2, 0.25) is 18.5 Å². The van der Waals surface area contributed by atoms with Gasteiger partial charge >= 0.3 is 0 Å². The third-order valence-electron chi connectivity index (χ3n) is 6.20. The lowest BCUT2D eigenvalue weighted by Crippen LogP contribution is -2.43. The molecule has 0 N–H and O–H groups in total. The highest BCUT2D eigenvalue weighted by Crippen LogP contribution is 2.35. The predicted octanol–water partition coefficient (Wildman–Crippen LogP) is 2.30. The van der Waals surface area contributed by atoms with Crippen molar-refractivity contribution in [3.63, 3.8) is 0 Å². The summed E-state index contributed by atoms with van der Waals surface area (Å²) in [5.74, 6) is 2.47. The molecule has 0 radical (unpaired) electrons. The Labute approximate surface area is 168 Å². The minimum absolute atomic E-state index is 0.117. The molecule has 8 nitrogen and oxygen atoms in total. The van der Waals surface area contributed by atoms with E-state index in [2.05, 4.69) is 5.16 Å². The van der Waals surface area contributed by atoms with E-state index in [1.54, 1.807) is 6.07 Å². The number of amides is 2. The summed E-state index contributed by atoms with van der Waals surface area (Å²) in [5, 5.41) is 3.63. The first kappa shape index (κ1) is 18.0. The van der Waals surface area contributed by atoms with E-state index < -0.39 is 0 Å². The van der Waals surface area contributed by atoms with Crippen molar-refractivity contribution >= 4 is 11.8 Å². The predicted molar refractivity (Wildman–Crippen MR) is 101 cm³/mol. The summed E-state index contributed by atoms with van der Waals surface area (Å²) in [6, 6.07) is 7.42. The number of ether oxygens (including phenoxy) is 2. The first-order valence-electron chi connectivity index (χ1n) is 10.0. The van der Waals surface area contributed by atoms with E-state index >= 15 is 0 Å². The normalized spacial score (nSPS) is 23.7. The number of benzene rings is 1. The molecule has 2 saturated heterocycles. The standard InChI is InChI=1S/C21H23N3O5/c25-20-10-15-4-8-24(21(26)18-3-6-22-29-18)12-16(15)5-7-23(20)11-14-1-2-17-19(9-14)28-13-27-17/h1-3,6,9,15-16H,4-5,7-8,10-13H2. The molecule has 3 aliphatic heterocycles. The van der Waals surface area contributed by atoms with Crippen molar-refractivity contribution in [2.45, 2.75) is 25.8 Å². The number of likely N-dealkylation sites (tertiary alicyclic amines) is 2. The monoisotopic (exact) mass is 397 g/mol. The van der Waals surface area contributed by atoms with Gasteiger partial charge in [-0.2, -0.15) is 0 Å². The molecule has 3 aliphatic rings. The largest absolute Gasteiger partial charge is 0.454 e. The Morgan fingerprint density at radius 2 is 1.97 bits per heavy atom. The molecule has 0 aliphatic carbocycles. The van der Waals surface area contributed by atoms with Gasteiger partial charge in [-0.15, -0.1) is 0 Å². The molecule has 0 saturated carbocycles. The number of hydrogen-bond donors (Lipinski definition) is 0. The number of fused-ring (bicyclic) bond motifs is 2. The van der Waals surface area contributed by atoms with Crippen molar-refractivity contribution in [1.82, 2.24) is 15.0 Å². The van der Waals surface area contributed by atoms with E-state index in [0.29, 0.717) is 44.4 Å². The van der Waals surface area contributed by atoms with Gasteiger partial charge in [-0.3, -0.25) is 9.59 Å². The van der Waals surface area contributed by atoms with Crippen molar-refractivity contribution in [3.05, 3.63) is 41.8 Å². The maximum Gasteiger partial charge on any atom is 0.292 e. The number of carbonyl (C=O) groups excluding carboxylic acids is 2. The van der Waals surface area contributed by atoms with Gasteiger partial charge in [0.15, 0.2) is 11.5 Å². The molecule has 0 bridgehead atoms. The van der Waals surface area contributed by atoms with Crippen molar-refractivity contribution in [1.29, 1.82) is 0 Å². The van der Waals surface area contributed by atoms with Crippen LogP contribution in [-0.2, 0) is 11.3 Å². The summed E-state index contributed by atoms with van der Waals surface area (Å²) in [5.41, 5.74) is 1.04. The number of aromatic nitrogens is 1. The summed E-state index contributed by atoms with van der Waals surface area (Å²) < 4.78 is 15.8. The highest BCUT2D eigenvalue weighted by Gasteiger charge is 2.37. The van der Waals surface area contributed by atoms with Crippen molar-refractivity contribution in [3.8, 4) is 11.5 Å². The number of nitrogens with zero attached hydrogens (tertiary/aromatic N) is 3. The third kappa shape index (κ3) is 3.54. The van der Waals surface area contributed by atoms with Crippen LogP contribution in [0, 0.1) is 11.8 Å². The van der Waals surface area contributed by atoms with E-state index in [9.17, 15) is 9.59 Å². The van der Waals surface area contributed by atoms with E-state index in [-0.39, 0.29) is 24.4 Å². The molecular formula is C21H23N3O5. The Bertz CT molecular complexity index is 913. The van der Waals surface area contributed by atoms with Crippen LogP contribution in [0.3, 0.4) is 0 Å². The lowest BCUT2D eigenvalue weighted by atomic mass is 9.82. The molecule has 4 heterocycles. The fourth-order valence-corrected chi connectivity index (χ4v) is 4.57. The molecule has 2 aromatic rings. The van der Waals surface area contributed by atoms with Gasteiger partial charge in [0, 0.05) is 38.7 Å². The first-order chi connectivity index (χ1) is 14.2. The van der Waals surface area contributed by atoms with Gasteiger partial charge in [0.05, 0.1) is 6.20 Å². The lowest BCUT2D eigenvalue weighted by molar-refractivity contribution is -0.132. The number of carbonyl (C=O) groups is 2. The zero-order valence-corrected chi connectivity index (χ0v) is 16.1. The number of hydrogen-bond acceptors (Lipinski definition) is 6. The average molecular weight is 397 g/mol. The van der Waals surface area contributed by atoms with Crippen LogP contribution < -0.4 is 9.47 Å². The maximum absolute atomic E-state index is 12.9. The second kappa shape index (κ2) is 7.42. The molecule has 1 aromatic heterocycles. The van der Waals surface area contributed by atoms with Gasteiger partial charge in [-0.05, 0) is 42.4 Å². The lowest BCUT2D eigenvalue weighted by Gasteiger charge is -2.36. The minimum Gasteiger partial charge on any atom is -0.454 e. The summed E-state index contributed by atoms with van der Waals surface area (Å²) in [7, 11) is 0. The van der Waals surface area contributed by atoms with Crippen LogP contribution in [0.25, 0.3) is 0 Å². The van der Waals surface area contributed by atoms with Gasteiger partial charge in [0.1, 0.15) is 0 Å². The van der Waals surface area contributed by atoms with Crippen molar-refractivity contribution in [2.75, 3.05) is 26.4 Å². The Morgan fingerprint density at radius 3 is 2.83 bits per heavy atom. The molecule has 2 atom stereocenters. The van der Waals surface area contributed by atoms with Gasteiger partial charge < -0.3 is 23.8 Å². The second-order valence-electron chi connectivity index (χ2n) is 7.93. The Kier molecular flexibility index (Phi) is 4.61. The van der Waals surface area contributed by atoms with E-state index in [0.717, 1.165) is 29.9 Å². The van der Waals surface area contributed by atoms with Gasteiger partial charge in [-0.1, -0.05) is 11.2 Å². The first-order valence-corrected chi connectivity index (χ1v) is 10.0. The highest BCUT2D eigenvalue weighted by molar-refractivity contribution is 5.91. The van der Waals surface area contributed by atoms with Crippen LogP contribution in [0.1, 0.15) is 35.4 Å². The van der Waals surface area contributed by atoms with Crippen LogP contribution in [0.4, 0.5) is 0 Å². The topological polar surface area (TPSA) is 85.1 Å².